The minimum atomic E-state index is -6.69. The van der Waals surface area contributed by atoms with Gasteiger partial charge in [-0.3, -0.25) is 0 Å². The Balaban J connectivity index is 2.56. The molecule has 0 bridgehead atoms. The van der Waals surface area contributed by atoms with Crippen LogP contribution in [-0.2, 0) is 4.74 Å². The molecular formula is C15H13F7N2O3. The van der Waals surface area contributed by atoms with Crippen LogP contribution in [0.15, 0.2) is 35.4 Å². The molecule has 0 saturated heterocycles. The summed E-state index contributed by atoms with van der Waals surface area (Å²) >= 11 is 0. The van der Waals surface area contributed by atoms with Crippen LogP contribution in [0.2, 0.25) is 0 Å². The largest absolute Gasteiger partial charge is 0.460 e. The standard InChI is InChI=1S/C15H13F7N2O3/c1-2-27-11(25)24-12(26,13(16,17)14(18,19)15(20,21)22)8-10(23-24)9-6-4-3-5-7-9/h3-7,26H,2,8H2,1H3/t12-/m1/s1. The number of amides is 1. The minimum Gasteiger partial charge on any atom is -0.448 e. The maximum absolute atomic E-state index is 14.3. The third kappa shape index (κ3) is 3.22. The van der Waals surface area contributed by atoms with Crippen LogP contribution < -0.4 is 0 Å². The predicted octanol–water partition coefficient (Wildman–Crippen LogP) is 3.77. The van der Waals surface area contributed by atoms with Gasteiger partial charge in [-0.2, -0.15) is 40.8 Å². The zero-order valence-corrected chi connectivity index (χ0v) is 13.6. The molecule has 150 valence electrons. The van der Waals surface area contributed by atoms with Gasteiger partial charge in [0.15, 0.2) is 0 Å². The lowest BCUT2D eigenvalue weighted by Crippen LogP contribution is -2.69. The maximum atomic E-state index is 14.3. The SMILES string of the molecule is CCOC(=O)N1N=C(c2ccccc2)C[C@@]1(O)C(F)(F)C(F)(F)C(F)(F)F. The van der Waals surface area contributed by atoms with Gasteiger partial charge in [0.05, 0.1) is 12.3 Å². The van der Waals surface area contributed by atoms with Gasteiger partial charge in [-0.25, -0.2) is 4.79 Å². The van der Waals surface area contributed by atoms with E-state index in [-0.39, 0.29) is 5.56 Å². The van der Waals surface area contributed by atoms with Gasteiger partial charge in [0, 0.05) is 6.42 Å². The maximum Gasteiger partial charge on any atom is 0.460 e. The zero-order valence-electron chi connectivity index (χ0n) is 13.6. The summed E-state index contributed by atoms with van der Waals surface area (Å²) in [6.07, 6.45) is -9.97. The van der Waals surface area contributed by atoms with Crippen LogP contribution in [0.3, 0.4) is 0 Å². The van der Waals surface area contributed by atoms with E-state index >= 15 is 0 Å². The molecule has 1 heterocycles. The molecule has 0 spiro atoms. The van der Waals surface area contributed by atoms with E-state index in [0.29, 0.717) is 0 Å². The molecule has 1 aromatic carbocycles. The van der Waals surface area contributed by atoms with Crippen LogP contribution in [0.5, 0.6) is 0 Å². The van der Waals surface area contributed by atoms with Crippen LogP contribution >= 0.6 is 0 Å². The molecular weight excluding hydrogens is 389 g/mol. The van der Waals surface area contributed by atoms with Crippen molar-refractivity contribution in [2.24, 2.45) is 5.10 Å². The van der Waals surface area contributed by atoms with Gasteiger partial charge in [0.2, 0.25) is 5.72 Å². The molecule has 0 saturated carbocycles. The number of carbonyl (C=O) groups is 1. The predicted molar refractivity (Wildman–Crippen MR) is 77.4 cm³/mol. The van der Waals surface area contributed by atoms with Gasteiger partial charge in [0.1, 0.15) is 0 Å². The highest BCUT2D eigenvalue weighted by atomic mass is 19.4. The molecule has 1 N–H and O–H groups in total. The second-order valence-electron chi connectivity index (χ2n) is 5.56. The van der Waals surface area contributed by atoms with Crippen LogP contribution in [0.4, 0.5) is 35.5 Å². The van der Waals surface area contributed by atoms with Crippen molar-refractivity contribution in [1.29, 1.82) is 0 Å². The number of hydrogen-bond acceptors (Lipinski definition) is 4. The summed E-state index contributed by atoms with van der Waals surface area (Å²) < 4.78 is 97.5. The average Bonchev–Trinajstić information content (AvgIpc) is 2.94. The Hall–Kier alpha value is -2.37. The second kappa shape index (κ2) is 6.66. The number of hydrogen-bond donors (Lipinski definition) is 1. The molecule has 27 heavy (non-hydrogen) atoms. The number of hydrazone groups is 1. The molecule has 12 heteroatoms. The summed E-state index contributed by atoms with van der Waals surface area (Å²) in [5.41, 5.74) is -4.76. The number of carbonyl (C=O) groups excluding carboxylic acids is 1. The highest BCUT2D eigenvalue weighted by Gasteiger charge is 2.82. The molecule has 0 aromatic heterocycles. The first-order chi connectivity index (χ1) is 12.3. The summed E-state index contributed by atoms with van der Waals surface area (Å²) in [5.74, 6) is -12.8. The van der Waals surface area contributed by atoms with Crippen molar-refractivity contribution in [2.45, 2.75) is 37.1 Å². The van der Waals surface area contributed by atoms with Crippen molar-refractivity contribution in [3.63, 3.8) is 0 Å². The number of alkyl halides is 7. The molecule has 1 amide bonds. The summed E-state index contributed by atoms with van der Waals surface area (Å²) in [6, 6.07) is 6.90. The van der Waals surface area contributed by atoms with Gasteiger partial charge in [-0.1, -0.05) is 30.3 Å². The zero-order chi connectivity index (χ0) is 20.7. The number of benzene rings is 1. The van der Waals surface area contributed by atoms with Crippen molar-refractivity contribution in [3.05, 3.63) is 35.9 Å². The number of aliphatic hydroxyl groups is 1. The van der Waals surface area contributed by atoms with E-state index in [1.165, 1.54) is 37.3 Å². The first-order valence-electron chi connectivity index (χ1n) is 7.44. The van der Waals surface area contributed by atoms with Crippen molar-refractivity contribution in [3.8, 4) is 0 Å². The van der Waals surface area contributed by atoms with Crippen molar-refractivity contribution in [1.82, 2.24) is 5.01 Å². The molecule has 0 fully saturated rings. The van der Waals surface area contributed by atoms with E-state index in [4.69, 9.17) is 0 Å². The lowest BCUT2D eigenvalue weighted by atomic mass is 9.92. The Bertz CT molecular complexity index is 737. The Morgan fingerprint density at radius 1 is 1.19 bits per heavy atom. The van der Waals surface area contributed by atoms with Gasteiger partial charge < -0.3 is 9.84 Å². The molecule has 5 nitrogen and oxygen atoms in total. The molecule has 0 unspecified atom stereocenters. The Labute approximate surface area is 148 Å². The number of halogens is 7. The van der Waals surface area contributed by atoms with Gasteiger partial charge in [0.25, 0.3) is 0 Å². The minimum absolute atomic E-state index is 0.0360. The molecule has 2 rings (SSSR count). The molecule has 1 aliphatic rings. The van der Waals surface area contributed by atoms with E-state index in [1.54, 1.807) is 0 Å². The van der Waals surface area contributed by atoms with Gasteiger partial charge >= 0.3 is 24.1 Å². The third-order valence-electron chi connectivity index (χ3n) is 3.79. The van der Waals surface area contributed by atoms with E-state index < -0.39 is 53.6 Å². The van der Waals surface area contributed by atoms with Gasteiger partial charge in [-0.05, 0) is 12.5 Å². The third-order valence-corrected chi connectivity index (χ3v) is 3.79. The van der Waals surface area contributed by atoms with Crippen molar-refractivity contribution < 1.29 is 45.4 Å². The molecule has 0 aliphatic carbocycles. The van der Waals surface area contributed by atoms with E-state index in [1.807, 2.05) is 0 Å². The van der Waals surface area contributed by atoms with Crippen molar-refractivity contribution >= 4 is 11.8 Å². The summed E-state index contributed by atoms with van der Waals surface area (Å²) in [4.78, 5) is 11.8. The first-order valence-corrected chi connectivity index (χ1v) is 7.44. The monoisotopic (exact) mass is 402 g/mol. The fourth-order valence-corrected chi connectivity index (χ4v) is 2.39. The number of ether oxygens (including phenoxy) is 1. The fraction of sp³-hybridized carbons (Fsp3) is 0.467. The molecule has 0 radical (unpaired) electrons. The van der Waals surface area contributed by atoms with E-state index in [2.05, 4.69) is 9.84 Å². The Kier molecular flexibility index (Phi) is 5.16. The number of nitrogens with zero attached hydrogens (tertiary/aromatic N) is 2. The van der Waals surface area contributed by atoms with Gasteiger partial charge in [-0.15, -0.1) is 0 Å². The Morgan fingerprint density at radius 2 is 1.74 bits per heavy atom. The van der Waals surface area contributed by atoms with E-state index in [0.717, 1.165) is 0 Å². The lowest BCUT2D eigenvalue weighted by Gasteiger charge is -2.40. The van der Waals surface area contributed by atoms with Crippen LogP contribution in [0, 0.1) is 0 Å². The van der Waals surface area contributed by atoms with Crippen LogP contribution in [0.25, 0.3) is 0 Å². The fourth-order valence-electron chi connectivity index (χ4n) is 2.39. The Morgan fingerprint density at radius 3 is 2.22 bits per heavy atom. The summed E-state index contributed by atoms with van der Waals surface area (Å²) in [5, 5.41) is 13.0. The lowest BCUT2D eigenvalue weighted by molar-refractivity contribution is -0.401. The highest BCUT2D eigenvalue weighted by Crippen LogP contribution is 2.54. The van der Waals surface area contributed by atoms with Crippen LogP contribution in [0.1, 0.15) is 18.9 Å². The smallest absolute Gasteiger partial charge is 0.448 e. The van der Waals surface area contributed by atoms with Crippen molar-refractivity contribution in [2.75, 3.05) is 6.61 Å². The average molecular weight is 402 g/mol. The first kappa shape index (κ1) is 20.9. The quantitative estimate of drug-likeness (QED) is 0.780. The van der Waals surface area contributed by atoms with E-state index in [9.17, 15) is 40.6 Å². The summed E-state index contributed by atoms with van der Waals surface area (Å²) in [7, 11) is 0. The molecule has 1 atom stereocenters. The molecule has 1 aromatic rings. The second-order valence-corrected chi connectivity index (χ2v) is 5.56. The topological polar surface area (TPSA) is 62.1 Å². The van der Waals surface area contributed by atoms with Crippen LogP contribution in [-0.4, -0.2) is 52.3 Å². The number of rotatable bonds is 4. The highest BCUT2D eigenvalue weighted by molar-refractivity contribution is 6.03. The molecule has 1 aliphatic heterocycles. The normalized spacial score (nSPS) is 21.2. The summed E-state index contributed by atoms with van der Waals surface area (Å²) in [6.45, 7) is 0.806.